The first-order chi connectivity index (χ1) is 14.0. The number of carbonyl (C=O) groups is 1. The predicted molar refractivity (Wildman–Crippen MR) is 106 cm³/mol. The van der Waals surface area contributed by atoms with Crippen molar-refractivity contribution in [3.05, 3.63) is 82.4 Å². The quantitative estimate of drug-likeness (QED) is 0.832. The van der Waals surface area contributed by atoms with E-state index in [-0.39, 0.29) is 34.7 Å². The van der Waals surface area contributed by atoms with Crippen LogP contribution in [0.5, 0.6) is 11.5 Å². The summed E-state index contributed by atoms with van der Waals surface area (Å²) in [5, 5.41) is 19.6. The lowest BCUT2D eigenvalue weighted by Gasteiger charge is -2.34. The van der Waals surface area contributed by atoms with E-state index in [1.807, 2.05) is 30.3 Å². The average Bonchev–Trinajstić information content (AvgIpc) is 2.73. The Bertz CT molecular complexity index is 1080. The Morgan fingerprint density at radius 2 is 1.93 bits per heavy atom. The van der Waals surface area contributed by atoms with E-state index in [4.69, 9.17) is 15.2 Å². The van der Waals surface area contributed by atoms with Crippen LogP contribution >= 0.6 is 0 Å². The summed E-state index contributed by atoms with van der Waals surface area (Å²) in [6.07, 6.45) is 0.854. The number of hydrogen-bond acceptors (Lipinski definition) is 6. The first-order valence-corrected chi connectivity index (χ1v) is 9.29. The monoisotopic (exact) mass is 388 g/mol. The van der Waals surface area contributed by atoms with Crippen LogP contribution < -0.4 is 10.5 Å². The molecule has 0 saturated heterocycles. The number of hydrogen-bond donors (Lipinski definition) is 2. The number of nitrogens with two attached hydrogens (primary N) is 1. The van der Waals surface area contributed by atoms with Gasteiger partial charge in [0.15, 0.2) is 17.3 Å². The first kappa shape index (κ1) is 18.6. The van der Waals surface area contributed by atoms with Gasteiger partial charge >= 0.3 is 0 Å². The van der Waals surface area contributed by atoms with Crippen molar-refractivity contribution >= 4 is 5.78 Å². The van der Waals surface area contributed by atoms with Crippen LogP contribution in [0.3, 0.4) is 0 Å². The Morgan fingerprint density at radius 1 is 1.17 bits per heavy atom. The number of methoxy groups -OCH3 is 1. The van der Waals surface area contributed by atoms with Crippen molar-refractivity contribution in [2.24, 2.45) is 5.73 Å². The highest BCUT2D eigenvalue weighted by Gasteiger charge is 2.41. The number of rotatable bonds is 3. The molecule has 0 fully saturated rings. The Balaban J connectivity index is 1.81. The van der Waals surface area contributed by atoms with Crippen LogP contribution in [-0.4, -0.2) is 18.0 Å². The molecule has 1 heterocycles. The highest BCUT2D eigenvalue weighted by atomic mass is 16.5. The molecule has 0 radical (unpaired) electrons. The summed E-state index contributed by atoms with van der Waals surface area (Å²) in [5.41, 5.74) is 8.40. The summed E-state index contributed by atoms with van der Waals surface area (Å²) in [6, 6.07) is 16.7. The van der Waals surface area contributed by atoms with Gasteiger partial charge in [0.05, 0.1) is 13.0 Å². The van der Waals surface area contributed by atoms with Gasteiger partial charge in [0.2, 0.25) is 5.88 Å². The third-order valence-corrected chi connectivity index (χ3v) is 5.47. The lowest BCUT2D eigenvalue weighted by atomic mass is 9.73. The van der Waals surface area contributed by atoms with E-state index in [0.717, 1.165) is 5.56 Å². The maximum atomic E-state index is 13.2. The van der Waals surface area contributed by atoms with Crippen molar-refractivity contribution < 1.29 is 19.4 Å². The maximum Gasteiger partial charge on any atom is 0.205 e. The van der Waals surface area contributed by atoms with Crippen LogP contribution in [0.4, 0.5) is 0 Å². The molecule has 0 bridgehead atoms. The van der Waals surface area contributed by atoms with Gasteiger partial charge in [-0.1, -0.05) is 36.4 Å². The smallest absolute Gasteiger partial charge is 0.205 e. The van der Waals surface area contributed by atoms with Crippen LogP contribution in [0.2, 0.25) is 0 Å². The Labute approximate surface area is 168 Å². The molecule has 29 heavy (non-hydrogen) atoms. The van der Waals surface area contributed by atoms with Crippen molar-refractivity contribution in [3.63, 3.8) is 0 Å². The van der Waals surface area contributed by atoms with Crippen LogP contribution in [0.25, 0.3) is 0 Å². The number of ketones is 1. The van der Waals surface area contributed by atoms with Crippen molar-refractivity contribution in [3.8, 4) is 17.6 Å². The molecule has 2 aromatic carbocycles. The zero-order valence-corrected chi connectivity index (χ0v) is 15.9. The summed E-state index contributed by atoms with van der Waals surface area (Å²) in [4.78, 5) is 13.2. The third kappa shape index (κ3) is 3.21. The van der Waals surface area contributed by atoms with E-state index in [1.165, 1.54) is 13.2 Å². The molecule has 4 rings (SSSR count). The molecule has 2 aliphatic rings. The van der Waals surface area contributed by atoms with Gasteiger partial charge in [0.1, 0.15) is 17.4 Å². The molecular weight excluding hydrogens is 368 g/mol. The fraction of sp³-hybridized carbons (Fsp3) is 0.217. The minimum Gasteiger partial charge on any atom is -0.504 e. The maximum absolute atomic E-state index is 13.2. The molecule has 146 valence electrons. The number of phenols is 1. The SMILES string of the molecule is COc1cc([C@@H]2C(C#N)=C(N)OC3=C2C(=O)C[C@@H](c2ccccc2)C3)ccc1O. The highest BCUT2D eigenvalue weighted by Crippen LogP contribution is 2.47. The second-order valence-electron chi connectivity index (χ2n) is 7.13. The van der Waals surface area contributed by atoms with E-state index >= 15 is 0 Å². The van der Waals surface area contributed by atoms with E-state index in [2.05, 4.69) is 6.07 Å². The van der Waals surface area contributed by atoms with Gasteiger partial charge in [-0.3, -0.25) is 4.79 Å². The summed E-state index contributed by atoms with van der Waals surface area (Å²) in [5.74, 6) is 0.0201. The van der Waals surface area contributed by atoms with E-state index in [0.29, 0.717) is 29.7 Å². The molecule has 0 spiro atoms. The first-order valence-electron chi connectivity index (χ1n) is 9.29. The Hall–Kier alpha value is -3.72. The minimum atomic E-state index is -0.650. The lowest BCUT2D eigenvalue weighted by Crippen LogP contribution is -2.29. The zero-order chi connectivity index (χ0) is 20.5. The summed E-state index contributed by atoms with van der Waals surface area (Å²) in [6.45, 7) is 0. The second kappa shape index (κ2) is 7.36. The number of nitrogens with zero attached hydrogens (tertiary/aromatic N) is 1. The molecule has 0 amide bonds. The highest BCUT2D eigenvalue weighted by molar-refractivity contribution is 6.00. The van der Waals surface area contributed by atoms with Crippen molar-refractivity contribution in [2.45, 2.75) is 24.7 Å². The van der Waals surface area contributed by atoms with Crippen LogP contribution in [0, 0.1) is 11.3 Å². The Kier molecular flexibility index (Phi) is 4.73. The van der Waals surface area contributed by atoms with Gasteiger partial charge in [-0.05, 0) is 29.2 Å². The van der Waals surface area contributed by atoms with Gasteiger partial charge in [-0.2, -0.15) is 5.26 Å². The average molecular weight is 388 g/mol. The normalized spacial score (nSPS) is 21.3. The standard InChI is InChI=1S/C23H20N2O4/c1-28-19-10-14(7-8-17(19)26)21-16(12-24)23(25)29-20-11-15(9-18(27)22(20)21)13-5-3-2-4-6-13/h2-8,10,15,21,26H,9,11,25H2,1H3/t15-,21-/m1/s1. The fourth-order valence-electron chi connectivity index (χ4n) is 4.08. The molecule has 0 unspecified atom stereocenters. The summed E-state index contributed by atoms with van der Waals surface area (Å²) < 4.78 is 11.0. The largest absolute Gasteiger partial charge is 0.504 e. The summed E-state index contributed by atoms with van der Waals surface area (Å²) in [7, 11) is 1.44. The number of allylic oxidation sites excluding steroid dienone is 3. The molecule has 3 N–H and O–H groups in total. The minimum absolute atomic E-state index is 0.00445. The number of ether oxygens (including phenoxy) is 2. The number of phenolic OH excluding ortho intramolecular Hbond substituents is 1. The number of aromatic hydroxyl groups is 1. The number of Topliss-reactive ketones (excluding diaryl/α,β-unsaturated/α-hetero) is 1. The number of carbonyl (C=O) groups excluding carboxylic acids is 1. The van der Waals surface area contributed by atoms with Crippen molar-refractivity contribution in [1.82, 2.24) is 0 Å². The molecule has 2 aromatic rings. The third-order valence-electron chi connectivity index (χ3n) is 5.47. The molecule has 6 nitrogen and oxygen atoms in total. The number of nitriles is 1. The molecule has 0 saturated carbocycles. The van der Waals surface area contributed by atoms with Gasteiger partial charge in [0.25, 0.3) is 0 Å². The number of benzene rings is 2. The van der Waals surface area contributed by atoms with E-state index in [9.17, 15) is 15.2 Å². The zero-order valence-electron chi connectivity index (χ0n) is 15.9. The topological polar surface area (TPSA) is 106 Å². The summed E-state index contributed by atoms with van der Waals surface area (Å²) >= 11 is 0. The van der Waals surface area contributed by atoms with E-state index < -0.39 is 5.92 Å². The van der Waals surface area contributed by atoms with Gasteiger partial charge < -0.3 is 20.3 Å². The van der Waals surface area contributed by atoms with Gasteiger partial charge in [-0.15, -0.1) is 0 Å². The molecule has 2 atom stereocenters. The van der Waals surface area contributed by atoms with Gasteiger partial charge in [0, 0.05) is 18.4 Å². The van der Waals surface area contributed by atoms with Crippen LogP contribution in [-0.2, 0) is 9.53 Å². The Morgan fingerprint density at radius 3 is 2.62 bits per heavy atom. The van der Waals surface area contributed by atoms with E-state index in [1.54, 1.807) is 12.1 Å². The van der Waals surface area contributed by atoms with Crippen LogP contribution in [0.15, 0.2) is 71.3 Å². The lowest BCUT2D eigenvalue weighted by molar-refractivity contribution is -0.117. The van der Waals surface area contributed by atoms with Crippen molar-refractivity contribution in [1.29, 1.82) is 5.26 Å². The predicted octanol–water partition coefficient (Wildman–Crippen LogP) is 3.61. The van der Waals surface area contributed by atoms with Crippen LogP contribution in [0.1, 0.15) is 35.8 Å². The molecular formula is C23H20N2O4. The molecule has 6 heteroatoms. The molecule has 0 aromatic heterocycles. The second-order valence-corrected chi connectivity index (χ2v) is 7.13. The molecule has 1 aliphatic carbocycles. The fourth-order valence-corrected chi connectivity index (χ4v) is 4.08. The van der Waals surface area contributed by atoms with Crippen molar-refractivity contribution in [2.75, 3.05) is 7.11 Å². The molecule has 1 aliphatic heterocycles. The van der Waals surface area contributed by atoms with Gasteiger partial charge in [-0.25, -0.2) is 0 Å².